The number of halogens is 3. The Kier molecular flexibility index (Phi) is 4.77. The van der Waals surface area contributed by atoms with E-state index in [1.54, 1.807) is 4.90 Å². The van der Waals surface area contributed by atoms with Crippen LogP contribution in [0.5, 0.6) is 0 Å². The molecule has 2 fully saturated rings. The number of likely N-dealkylation sites (tertiary alicyclic amines) is 1. The highest BCUT2D eigenvalue weighted by molar-refractivity contribution is 5.01. The van der Waals surface area contributed by atoms with Gasteiger partial charge >= 0.3 is 6.18 Å². The summed E-state index contributed by atoms with van der Waals surface area (Å²) in [5.41, 5.74) is -1.54. The highest BCUT2D eigenvalue weighted by Gasteiger charge is 2.59. The van der Waals surface area contributed by atoms with Crippen molar-refractivity contribution in [2.24, 2.45) is 5.92 Å². The number of rotatable bonds is 4. The second-order valence-electron chi connectivity index (χ2n) is 6.04. The standard InChI is InChI=1S/C14H25F3N2/c1-2-6-13(14(15,16)17)7-4-9-19(13)11-12-5-3-8-18-10-12/h12,18H,2-11H2,1H3. The van der Waals surface area contributed by atoms with Gasteiger partial charge in [0.25, 0.3) is 0 Å². The molecule has 0 aromatic rings. The lowest BCUT2D eigenvalue weighted by Crippen LogP contribution is -2.57. The average molecular weight is 278 g/mol. The van der Waals surface area contributed by atoms with Crippen LogP contribution in [0.4, 0.5) is 13.2 Å². The predicted molar refractivity (Wildman–Crippen MR) is 70.1 cm³/mol. The van der Waals surface area contributed by atoms with E-state index in [2.05, 4.69) is 5.32 Å². The van der Waals surface area contributed by atoms with Gasteiger partial charge in [0.1, 0.15) is 5.54 Å². The summed E-state index contributed by atoms with van der Waals surface area (Å²) in [6.07, 6.45) is -0.143. The Labute approximate surface area is 113 Å². The quantitative estimate of drug-likeness (QED) is 0.849. The minimum Gasteiger partial charge on any atom is -0.316 e. The van der Waals surface area contributed by atoms with Crippen molar-refractivity contribution in [1.82, 2.24) is 10.2 Å². The zero-order valence-corrected chi connectivity index (χ0v) is 11.7. The van der Waals surface area contributed by atoms with Gasteiger partial charge in [0.15, 0.2) is 0 Å². The third-order valence-corrected chi connectivity index (χ3v) is 4.69. The third kappa shape index (κ3) is 3.07. The van der Waals surface area contributed by atoms with Gasteiger partial charge in [-0.2, -0.15) is 13.2 Å². The van der Waals surface area contributed by atoms with E-state index in [1.807, 2.05) is 6.92 Å². The molecule has 19 heavy (non-hydrogen) atoms. The minimum atomic E-state index is -4.10. The van der Waals surface area contributed by atoms with Crippen LogP contribution >= 0.6 is 0 Å². The molecule has 0 bridgehead atoms. The van der Waals surface area contributed by atoms with Crippen LogP contribution in [0.15, 0.2) is 0 Å². The molecule has 112 valence electrons. The van der Waals surface area contributed by atoms with Crippen LogP contribution in [0.25, 0.3) is 0 Å². The molecule has 0 aromatic carbocycles. The number of piperidine rings is 1. The Morgan fingerprint density at radius 2 is 2.11 bits per heavy atom. The van der Waals surface area contributed by atoms with Crippen LogP contribution in [0.3, 0.4) is 0 Å². The Morgan fingerprint density at radius 1 is 1.32 bits per heavy atom. The Balaban J connectivity index is 2.08. The van der Waals surface area contributed by atoms with Crippen molar-refractivity contribution in [3.8, 4) is 0 Å². The lowest BCUT2D eigenvalue weighted by atomic mass is 9.88. The Morgan fingerprint density at radius 3 is 2.68 bits per heavy atom. The summed E-state index contributed by atoms with van der Waals surface area (Å²) in [6, 6.07) is 0. The third-order valence-electron chi connectivity index (χ3n) is 4.69. The molecule has 2 atom stereocenters. The second kappa shape index (κ2) is 6.00. The van der Waals surface area contributed by atoms with Crippen molar-refractivity contribution in [2.75, 3.05) is 26.2 Å². The molecule has 0 spiro atoms. The smallest absolute Gasteiger partial charge is 0.316 e. The van der Waals surface area contributed by atoms with Gasteiger partial charge in [0.05, 0.1) is 0 Å². The van der Waals surface area contributed by atoms with Crippen LogP contribution in [-0.4, -0.2) is 42.8 Å². The predicted octanol–water partition coefficient (Wildman–Crippen LogP) is 3.18. The molecule has 2 heterocycles. The maximum absolute atomic E-state index is 13.5. The van der Waals surface area contributed by atoms with E-state index in [0.29, 0.717) is 31.8 Å². The van der Waals surface area contributed by atoms with Crippen molar-refractivity contribution >= 4 is 0 Å². The van der Waals surface area contributed by atoms with Gasteiger partial charge in [-0.3, -0.25) is 4.90 Å². The average Bonchev–Trinajstić information content (AvgIpc) is 2.75. The first-order chi connectivity index (χ1) is 8.99. The zero-order chi connectivity index (χ0) is 13.9. The van der Waals surface area contributed by atoms with E-state index in [4.69, 9.17) is 0 Å². The van der Waals surface area contributed by atoms with E-state index in [1.165, 1.54) is 0 Å². The van der Waals surface area contributed by atoms with E-state index >= 15 is 0 Å². The van der Waals surface area contributed by atoms with Gasteiger partial charge in [-0.25, -0.2) is 0 Å². The molecule has 2 saturated heterocycles. The van der Waals surface area contributed by atoms with Gasteiger partial charge < -0.3 is 5.32 Å². The molecule has 2 aliphatic heterocycles. The monoisotopic (exact) mass is 278 g/mol. The minimum absolute atomic E-state index is 0.247. The largest absolute Gasteiger partial charge is 0.406 e. The number of hydrogen-bond acceptors (Lipinski definition) is 2. The van der Waals surface area contributed by atoms with Gasteiger partial charge in [-0.15, -0.1) is 0 Å². The summed E-state index contributed by atoms with van der Waals surface area (Å²) in [7, 11) is 0. The van der Waals surface area contributed by atoms with Crippen LogP contribution in [0.1, 0.15) is 45.4 Å². The number of nitrogens with zero attached hydrogens (tertiary/aromatic N) is 1. The molecule has 0 saturated carbocycles. The fraction of sp³-hybridized carbons (Fsp3) is 1.00. The van der Waals surface area contributed by atoms with E-state index in [9.17, 15) is 13.2 Å². The molecule has 0 aromatic heterocycles. The lowest BCUT2D eigenvalue weighted by molar-refractivity contribution is -0.227. The summed E-state index contributed by atoms with van der Waals surface area (Å²) < 4.78 is 40.6. The number of alkyl halides is 3. The zero-order valence-electron chi connectivity index (χ0n) is 11.7. The van der Waals surface area contributed by atoms with E-state index in [0.717, 1.165) is 25.9 Å². The molecule has 5 heteroatoms. The van der Waals surface area contributed by atoms with E-state index in [-0.39, 0.29) is 12.8 Å². The van der Waals surface area contributed by atoms with Gasteiger partial charge in [0.2, 0.25) is 0 Å². The molecule has 0 radical (unpaired) electrons. The van der Waals surface area contributed by atoms with Gasteiger partial charge in [-0.05, 0) is 57.7 Å². The van der Waals surface area contributed by atoms with Crippen molar-refractivity contribution < 1.29 is 13.2 Å². The normalized spacial score (nSPS) is 33.8. The fourth-order valence-electron chi connectivity index (χ4n) is 3.75. The SMILES string of the molecule is CCCC1(C(F)(F)F)CCCN1CC1CCCNC1. The summed E-state index contributed by atoms with van der Waals surface area (Å²) in [4.78, 5) is 1.74. The van der Waals surface area contributed by atoms with Crippen LogP contribution in [-0.2, 0) is 0 Å². The summed E-state index contributed by atoms with van der Waals surface area (Å²) in [5.74, 6) is 0.380. The molecule has 2 unspecified atom stereocenters. The van der Waals surface area contributed by atoms with E-state index < -0.39 is 11.7 Å². The first-order valence-corrected chi connectivity index (χ1v) is 7.52. The Hall–Kier alpha value is -0.290. The summed E-state index contributed by atoms with van der Waals surface area (Å²) >= 11 is 0. The number of hydrogen-bond donors (Lipinski definition) is 1. The molecule has 2 nitrogen and oxygen atoms in total. The molecular formula is C14H25F3N2. The molecule has 2 rings (SSSR count). The Bertz CT molecular complexity index is 287. The maximum atomic E-state index is 13.5. The van der Waals surface area contributed by atoms with Crippen molar-refractivity contribution in [1.29, 1.82) is 0 Å². The molecule has 2 aliphatic rings. The lowest BCUT2D eigenvalue weighted by Gasteiger charge is -2.42. The molecule has 1 N–H and O–H groups in total. The van der Waals surface area contributed by atoms with Crippen molar-refractivity contribution in [2.45, 2.75) is 57.2 Å². The fourth-order valence-corrected chi connectivity index (χ4v) is 3.75. The number of nitrogens with one attached hydrogen (secondary N) is 1. The highest BCUT2D eigenvalue weighted by Crippen LogP contribution is 2.46. The first-order valence-electron chi connectivity index (χ1n) is 7.52. The summed E-state index contributed by atoms with van der Waals surface area (Å²) in [5, 5.41) is 3.30. The second-order valence-corrected chi connectivity index (χ2v) is 6.04. The topological polar surface area (TPSA) is 15.3 Å². The van der Waals surface area contributed by atoms with Crippen molar-refractivity contribution in [3.63, 3.8) is 0 Å². The van der Waals surface area contributed by atoms with Crippen LogP contribution < -0.4 is 5.32 Å². The van der Waals surface area contributed by atoms with Gasteiger partial charge in [0, 0.05) is 6.54 Å². The molecule has 0 aliphatic carbocycles. The first kappa shape index (κ1) is 15.1. The van der Waals surface area contributed by atoms with Gasteiger partial charge in [-0.1, -0.05) is 13.3 Å². The molecule has 0 amide bonds. The molecular weight excluding hydrogens is 253 g/mol. The van der Waals surface area contributed by atoms with Crippen molar-refractivity contribution in [3.05, 3.63) is 0 Å². The highest BCUT2D eigenvalue weighted by atomic mass is 19.4. The van der Waals surface area contributed by atoms with Crippen LogP contribution in [0, 0.1) is 5.92 Å². The maximum Gasteiger partial charge on any atom is 0.406 e. The summed E-state index contributed by atoms with van der Waals surface area (Å²) in [6.45, 7) is 4.95. The van der Waals surface area contributed by atoms with Crippen LogP contribution in [0.2, 0.25) is 0 Å².